The summed E-state index contributed by atoms with van der Waals surface area (Å²) < 4.78 is 0. The summed E-state index contributed by atoms with van der Waals surface area (Å²) in [6, 6.07) is 0. The van der Waals surface area contributed by atoms with Gasteiger partial charge in [0.05, 0.1) is 7.74 Å². The molecule has 22 valence electrons. The minimum atomic E-state index is 0.528. The van der Waals surface area contributed by atoms with Gasteiger partial charge in [0, 0.05) is 0 Å². The van der Waals surface area contributed by atoms with Crippen molar-refractivity contribution < 1.29 is 0 Å². The van der Waals surface area contributed by atoms with Gasteiger partial charge in [0.15, 0.2) is 5.88 Å². The Kier molecular flexibility index (Phi) is 1.98. The molecule has 0 aromatic carbocycles. The fourth-order valence-electron chi connectivity index (χ4n) is 0. The van der Waals surface area contributed by atoms with Gasteiger partial charge in [0.2, 0.25) is 0 Å². The fraction of sp³-hybridized carbons (Fsp3) is 1.00. The second-order valence-corrected chi connectivity index (χ2v) is 2.13. The van der Waals surface area contributed by atoms with Gasteiger partial charge in [0.1, 0.15) is 0 Å². The van der Waals surface area contributed by atoms with E-state index < -0.39 is 0 Å². The molecule has 4 heavy (non-hydrogen) atoms. The molecule has 0 aliphatic rings. The highest BCUT2D eigenvalue weighted by Crippen LogP contribution is 1.71. The largest absolute Gasteiger partial charge is 0.237 e. The molecule has 0 spiro atoms. The minimum Gasteiger partial charge on any atom is -0.237 e. The zero-order valence-electron chi connectivity index (χ0n) is 3.02. The van der Waals surface area contributed by atoms with Crippen molar-refractivity contribution in [2.75, 3.05) is 0 Å². The maximum absolute atomic E-state index is 3.97. The Hall–Kier alpha value is 0.480. The third-order valence-corrected chi connectivity index (χ3v) is 0. The maximum atomic E-state index is 3.97. The quantitative estimate of drug-likeness (QED) is 0.294. The first-order valence-electron chi connectivity index (χ1n) is 1.41. The average molecular weight is 71.7 g/mol. The van der Waals surface area contributed by atoms with E-state index in [0.717, 1.165) is 0 Å². The van der Waals surface area contributed by atoms with Crippen LogP contribution < -0.4 is 0 Å². The topological polar surface area (TPSA) is 0 Å². The van der Waals surface area contributed by atoms with Crippen LogP contribution in [0.5, 0.6) is 0 Å². The lowest BCUT2D eigenvalue weighted by Crippen LogP contribution is -1.90. The third-order valence-electron chi connectivity index (χ3n) is 0. The van der Waals surface area contributed by atoms with Gasteiger partial charge in [-0.25, -0.2) is 12.5 Å². The lowest BCUT2D eigenvalue weighted by Gasteiger charge is -1.70. The SMILES string of the molecule is BB(C)S. The Labute approximate surface area is 33.7 Å². The molecule has 0 aromatic rings. The van der Waals surface area contributed by atoms with Crippen molar-refractivity contribution in [3.8, 4) is 0 Å². The lowest BCUT2D eigenvalue weighted by molar-refractivity contribution is 2.35. The van der Waals surface area contributed by atoms with Crippen molar-refractivity contribution in [3.63, 3.8) is 0 Å². The summed E-state index contributed by atoms with van der Waals surface area (Å²) in [5.74, 6) is 0.528. The number of thiol groups is 1. The van der Waals surface area contributed by atoms with Crippen LogP contribution >= 0.6 is 12.5 Å². The Morgan fingerprint density at radius 2 is 2.00 bits per heavy atom. The smallest absolute Gasteiger partial charge is 0.161 e. The van der Waals surface area contributed by atoms with Crippen molar-refractivity contribution in [1.29, 1.82) is 0 Å². The molecule has 0 nitrogen and oxygen atoms in total. The predicted molar refractivity (Wildman–Crippen MR) is 29.1 cm³/mol. The van der Waals surface area contributed by atoms with Crippen molar-refractivity contribution in [2.45, 2.75) is 6.82 Å². The Morgan fingerprint density at radius 3 is 2.00 bits per heavy atom. The average Bonchev–Trinajstić information content (AvgIpc) is 0.811. The highest BCUT2D eigenvalue weighted by Gasteiger charge is 1.78. The molecule has 0 aliphatic heterocycles. The zero-order valence-corrected chi connectivity index (χ0v) is 3.92. The summed E-state index contributed by atoms with van der Waals surface area (Å²) >= 11 is 3.97. The number of hydrogen-bond acceptors (Lipinski definition) is 1. The molecule has 0 bridgehead atoms. The van der Waals surface area contributed by atoms with E-state index in [9.17, 15) is 0 Å². The summed E-state index contributed by atoms with van der Waals surface area (Å²) in [6.07, 6.45) is 0. The molecule has 0 N–H and O–H groups in total. The summed E-state index contributed by atoms with van der Waals surface area (Å²) in [7, 11) is 2.03. The van der Waals surface area contributed by atoms with Gasteiger partial charge in [-0.1, -0.05) is 6.82 Å². The second kappa shape index (κ2) is 1.77. The van der Waals surface area contributed by atoms with Crippen LogP contribution in [0.1, 0.15) is 0 Å². The van der Waals surface area contributed by atoms with Gasteiger partial charge in [-0.15, -0.1) is 0 Å². The van der Waals surface area contributed by atoms with Crippen LogP contribution in [0.15, 0.2) is 0 Å². The van der Waals surface area contributed by atoms with Crippen LogP contribution in [0.4, 0.5) is 0 Å². The lowest BCUT2D eigenvalue weighted by atomic mass is 9.56. The maximum Gasteiger partial charge on any atom is 0.161 e. The normalized spacial score (nSPS) is 6.50. The van der Waals surface area contributed by atoms with E-state index in [0.29, 0.717) is 5.88 Å². The molecule has 0 atom stereocenters. The Morgan fingerprint density at radius 1 is 2.00 bits per heavy atom. The van der Waals surface area contributed by atoms with Crippen LogP contribution in [0.3, 0.4) is 0 Å². The zero-order chi connectivity index (χ0) is 3.58. The predicted octanol–water partition coefficient (Wildman–Crippen LogP) is -0.333. The molecular weight excluding hydrogens is 65.7 g/mol. The third kappa shape index (κ3) is 23.6. The van der Waals surface area contributed by atoms with Gasteiger partial charge >= 0.3 is 0 Å². The molecule has 0 unspecified atom stereocenters. The van der Waals surface area contributed by atoms with E-state index in [2.05, 4.69) is 12.5 Å². The standard InChI is InChI=1S/CH6B2S/c1-3(2)4/h4H,2H2,1H3. The van der Waals surface area contributed by atoms with E-state index in [4.69, 9.17) is 0 Å². The summed E-state index contributed by atoms with van der Waals surface area (Å²) in [5.41, 5.74) is 0. The van der Waals surface area contributed by atoms with E-state index in [-0.39, 0.29) is 0 Å². The highest BCUT2D eigenvalue weighted by atomic mass is 32.1. The Balaban J connectivity index is 2.32. The van der Waals surface area contributed by atoms with Crippen molar-refractivity contribution in [3.05, 3.63) is 0 Å². The van der Waals surface area contributed by atoms with Crippen molar-refractivity contribution in [1.82, 2.24) is 0 Å². The van der Waals surface area contributed by atoms with Gasteiger partial charge in [-0.2, -0.15) is 0 Å². The van der Waals surface area contributed by atoms with Crippen LogP contribution in [-0.4, -0.2) is 13.6 Å². The van der Waals surface area contributed by atoms with Gasteiger partial charge < -0.3 is 0 Å². The second-order valence-electron chi connectivity index (χ2n) is 1.09. The molecule has 0 radical (unpaired) electrons. The molecule has 0 saturated heterocycles. The molecule has 0 aliphatic carbocycles. The number of hydrogen-bond donors (Lipinski definition) is 1. The summed E-state index contributed by atoms with van der Waals surface area (Å²) in [6.45, 7) is 2.03. The van der Waals surface area contributed by atoms with Gasteiger partial charge in [-0.05, 0) is 0 Å². The first-order chi connectivity index (χ1) is 1.73. The van der Waals surface area contributed by atoms with Crippen molar-refractivity contribution in [2.24, 2.45) is 0 Å². The molecule has 0 heterocycles. The van der Waals surface area contributed by atoms with Gasteiger partial charge in [0.25, 0.3) is 0 Å². The van der Waals surface area contributed by atoms with Crippen LogP contribution in [0.25, 0.3) is 0 Å². The van der Waals surface area contributed by atoms with E-state index in [1.165, 1.54) is 0 Å². The number of rotatable bonds is 0. The highest BCUT2D eigenvalue weighted by molar-refractivity contribution is 8.15. The first-order valence-corrected chi connectivity index (χ1v) is 1.93. The molecule has 0 rings (SSSR count). The molecule has 0 amide bonds. The van der Waals surface area contributed by atoms with Crippen molar-refractivity contribution >= 4 is 26.1 Å². The van der Waals surface area contributed by atoms with E-state index in [1.54, 1.807) is 0 Å². The molecule has 0 aromatic heterocycles. The molecule has 0 saturated carbocycles. The molecular formula is CH6B2S. The Bertz CT molecular complexity index is 10.8. The van der Waals surface area contributed by atoms with Gasteiger partial charge in [-0.3, -0.25) is 0 Å². The first kappa shape index (κ1) is 4.48. The van der Waals surface area contributed by atoms with Crippen LogP contribution in [0, 0.1) is 0 Å². The minimum absolute atomic E-state index is 0.528. The van der Waals surface area contributed by atoms with Crippen LogP contribution in [0.2, 0.25) is 6.82 Å². The fourth-order valence-corrected chi connectivity index (χ4v) is 0. The summed E-state index contributed by atoms with van der Waals surface area (Å²) in [5, 5.41) is 0. The van der Waals surface area contributed by atoms with Crippen LogP contribution in [-0.2, 0) is 0 Å². The molecule has 0 fully saturated rings. The van der Waals surface area contributed by atoms with E-state index >= 15 is 0 Å². The molecule has 3 heteroatoms. The monoisotopic (exact) mass is 72.0 g/mol. The van der Waals surface area contributed by atoms with E-state index in [1.807, 2.05) is 14.6 Å². The summed E-state index contributed by atoms with van der Waals surface area (Å²) in [4.78, 5) is 0.